The average Bonchev–Trinajstić information content (AvgIpc) is 3.02. The van der Waals surface area contributed by atoms with Crippen molar-refractivity contribution >= 4 is 17.2 Å². The molecule has 1 N–H and O–H groups in total. The fourth-order valence-corrected chi connectivity index (χ4v) is 3.15. The quantitative estimate of drug-likeness (QED) is 0.804. The normalized spacial score (nSPS) is 10.8. The Morgan fingerprint density at radius 1 is 1.35 bits per heavy atom. The summed E-state index contributed by atoms with van der Waals surface area (Å²) < 4.78 is 5.20. The van der Waals surface area contributed by atoms with Gasteiger partial charge in [0.2, 0.25) is 5.91 Å². The number of rotatable bonds is 8. The van der Waals surface area contributed by atoms with Gasteiger partial charge in [-0.15, -0.1) is 11.3 Å². The number of nitrogens with one attached hydrogen (secondary N) is 1. The SMILES string of the molecule is COc1cccc(CCNC(=O)CCc2nc(C(C)C)cs2)c1. The smallest absolute Gasteiger partial charge is 0.220 e. The van der Waals surface area contributed by atoms with Crippen LogP contribution in [0.2, 0.25) is 0 Å². The Morgan fingerprint density at radius 2 is 2.17 bits per heavy atom. The molecule has 0 saturated carbocycles. The van der Waals surface area contributed by atoms with Gasteiger partial charge in [-0.2, -0.15) is 0 Å². The average molecular weight is 332 g/mol. The number of aromatic nitrogens is 1. The topological polar surface area (TPSA) is 51.2 Å². The molecule has 23 heavy (non-hydrogen) atoms. The number of hydrogen-bond donors (Lipinski definition) is 1. The summed E-state index contributed by atoms with van der Waals surface area (Å²) in [7, 11) is 1.66. The second kappa shape index (κ2) is 8.67. The molecule has 0 aliphatic heterocycles. The summed E-state index contributed by atoms with van der Waals surface area (Å²) in [5, 5.41) is 6.09. The van der Waals surface area contributed by atoms with Crippen LogP contribution in [0, 0.1) is 0 Å². The van der Waals surface area contributed by atoms with Gasteiger partial charge < -0.3 is 10.1 Å². The maximum atomic E-state index is 11.9. The summed E-state index contributed by atoms with van der Waals surface area (Å²) in [5.41, 5.74) is 2.27. The highest BCUT2D eigenvalue weighted by Crippen LogP contribution is 2.18. The van der Waals surface area contributed by atoms with Crippen molar-refractivity contribution in [1.82, 2.24) is 10.3 Å². The van der Waals surface area contributed by atoms with E-state index in [1.54, 1.807) is 18.4 Å². The first kappa shape index (κ1) is 17.5. The van der Waals surface area contributed by atoms with Gasteiger partial charge in [-0.25, -0.2) is 4.98 Å². The Morgan fingerprint density at radius 3 is 2.87 bits per heavy atom. The zero-order chi connectivity index (χ0) is 16.7. The highest BCUT2D eigenvalue weighted by Gasteiger charge is 2.08. The van der Waals surface area contributed by atoms with E-state index in [2.05, 4.69) is 29.5 Å². The van der Waals surface area contributed by atoms with E-state index >= 15 is 0 Å². The van der Waals surface area contributed by atoms with Crippen LogP contribution in [0.5, 0.6) is 5.75 Å². The van der Waals surface area contributed by atoms with E-state index in [9.17, 15) is 4.79 Å². The molecule has 1 aromatic heterocycles. The minimum Gasteiger partial charge on any atom is -0.497 e. The second-order valence-corrected chi connectivity index (χ2v) is 6.71. The van der Waals surface area contributed by atoms with Crippen LogP contribution < -0.4 is 10.1 Å². The summed E-state index contributed by atoms with van der Waals surface area (Å²) in [6, 6.07) is 7.92. The van der Waals surface area contributed by atoms with Crippen molar-refractivity contribution in [3.63, 3.8) is 0 Å². The molecule has 0 aliphatic carbocycles. The van der Waals surface area contributed by atoms with Gasteiger partial charge in [0.1, 0.15) is 5.75 Å². The molecule has 0 aliphatic rings. The highest BCUT2D eigenvalue weighted by molar-refractivity contribution is 7.09. The van der Waals surface area contributed by atoms with Crippen LogP contribution >= 0.6 is 11.3 Å². The van der Waals surface area contributed by atoms with Crippen LogP contribution in [0.15, 0.2) is 29.6 Å². The lowest BCUT2D eigenvalue weighted by Gasteiger charge is -2.06. The van der Waals surface area contributed by atoms with Gasteiger partial charge >= 0.3 is 0 Å². The van der Waals surface area contributed by atoms with Gasteiger partial charge in [0.05, 0.1) is 17.8 Å². The largest absolute Gasteiger partial charge is 0.497 e. The first-order valence-electron chi connectivity index (χ1n) is 7.92. The number of nitrogens with zero attached hydrogens (tertiary/aromatic N) is 1. The van der Waals surface area contributed by atoms with Gasteiger partial charge in [-0.1, -0.05) is 26.0 Å². The van der Waals surface area contributed by atoms with Crippen molar-refractivity contribution < 1.29 is 9.53 Å². The fourth-order valence-electron chi connectivity index (χ4n) is 2.19. The maximum absolute atomic E-state index is 11.9. The maximum Gasteiger partial charge on any atom is 0.220 e. The van der Waals surface area contributed by atoms with Crippen LogP contribution in [-0.4, -0.2) is 24.5 Å². The molecule has 1 aromatic carbocycles. The molecule has 1 amide bonds. The highest BCUT2D eigenvalue weighted by atomic mass is 32.1. The number of aryl methyl sites for hydroxylation is 1. The lowest BCUT2D eigenvalue weighted by Crippen LogP contribution is -2.25. The molecule has 0 atom stereocenters. The predicted molar refractivity (Wildman–Crippen MR) is 94.2 cm³/mol. The number of hydrogen-bond acceptors (Lipinski definition) is 4. The zero-order valence-electron chi connectivity index (χ0n) is 14.0. The monoisotopic (exact) mass is 332 g/mol. The lowest BCUT2D eigenvalue weighted by atomic mass is 10.1. The fraction of sp³-hybridized carbons (Fsp3) is 0.444. The molecule has 4 nitrogen and oxygen atoms in total. The molecule has 124 valence electrons. The number of benzene rings is 1. The number of carbonyl (C=O) groups is 1. The van der Waals surface area contributed by atoms with Gasteiger partial charge in [-0.3, -0.25) is 4.79 Å². The van der Waals surface area contributed by atoms with E-state index in [4.69, 9.17) is 4.74 Å². The minimum atomic E-state index is 0.0780. The lowest BCUT2D eigenvalue weighted by molar-refractivity contribution is -0.121. The summed E-state index contributed by atoms with van der Waals surface area (Å²) in [6.45, 7) is 4.90. The number of ether oxygens (including phenoxy) is 1. The Balaban J connectivity index is 1.70. The van der Waals surface area contributed by atoms with Crippen molar-refractivity contribution in [3.05, 3.63) is 45.9 Å². The van der Waals surface area contributed by atoms with Gasteiger partial charge in [-0.05, 0) is 30.0 Å². The Labute approximate surface area is 141 Å². The molecule has 0 bridgehead atoms. The van der Waals surface area contributed by atoms with E-state index in [0.717, 1.165) is 28.4 Å². The van der Waals surface area contributed by atoms with Crippen molar-refractivity contribution in [2.75, 3.05) is 13.7 Å². The molecule has 0 saturated heterocycles. The molecular formula is C18H24N2O2S. The van der Waals surface area contributed by atoms with Crippen LogP contribution in [0.25, 0.3) is 0 Å². The number of carbonyl (C=O) groups excluding carboxylic acids is 1. The standard InChI is InChI=1S/C18H24N2O2S/c1-13(2)16-12-23-18(20-16)8-7-17(21)19-10-9-14-5-4-6-15(11-14)22-3/h4-6,11-13H,7-10H2,1-3H3,(H,19,21). The second-order valence-electron chi connectivity index (χ2n) is 5.77. The number of methoxy groups -OCH3 is 1. The van der Waals surface area contributed by atoms with Crippen LogP contribution in [0.4, 0.5) is 0 Å². The van der Waals surface area contributed by atoms with E-state index < -0.39 is 0 Å². The Hall–Kier alpha value is -1.88. The van der Waals surface area contributed by atoms with Crippen molar-refractivity contribution in [1.29, 1.82) is 0 Å². The summed E-state index contributed by atoms with van der Waals surface area (Å²) in [6.07, 6.45) is 2.00. The molecular weight excluding hydrogens is 308 g/mol. The number of amides is 1. The van der Waals surface area contributed by atoms with Gasteiger partial charge in [0, 0.05) is 24.8 Å². The van der Waals surface area contributed by atoms with Gasteiger partial charge in [0.15, 0.2) is 0 Å². The third-order valence-corrected chi connectivity index (χ3v) is 4.52. The van der Waals surface area contributed by atoms with Crippen molar-refractivity contribution in [2.24, 2.45) is 0 Å². The molecule has 0 unspecified atom stereocenters. The zero-order valence-corrected chi connectivity index (χ0v) is 14.8. The third kappa shape index (κ3) is 5.67. The molecule has 5 heteroatoms. The van der Waals surface area contributed by atoms with E-state index in [0.29, 0.717) is 25.3 Å². The Kier molecular flexibility index (Phi) is 6.59. The van der Waals surface area contributed by atoms with Gasteiger partial charge in [0.25, 0.3) is 0 Å². The molecule has 0 spiro atoms. The molecule has 1 heterocycles. The first-order chi connectivity index (χ1) is 11.1. The minimum absolute atomic E-state index is 0.0780. The molecule has 2 aromatic rings. The summed E-state index contributed by atoms with van der Waals surface area (Å²) in [5.74, 6) is 1.37. The van der Waals surface area contributed by atoms with Crippen LogP contribution in [0.3, 0.4) is 0 Å². The third-order valence-electron chi connectivity index (χ3n) is 3.60. The van der Waals surface area contributed by atoms with Crippen LogP contribution in [-0.2, 0) is 17.6 Å². The Bertz CT molecular complexity index is 637. The van der Waals surface area contributed by atoms with Crippen LogP contribution in [0.1, 0.15) is 42.5 Å². The summed E-state index contributed by atoms with van der Waals surface area (Å²) >= 11 is 1.64. The van der Waals surface area contributed by atoms with E-state index in [1.165, 1.54) is 0 Å². The molecule has 0 fully saturated rings. The molecule has 2 rings (SSSR count). The molecule has 0 radical (unpaired) electrons. The van der Waals surface area contributed by atoms with Crippen molar-refractivity contribution in [2.45, 2.75) is 39.0 Å². The number of thiazole rings is 1. The predicted octanol–water partition coefficient (Wildman–Crippen LogP) is 3.57. The van der Waals surface area contributed by atoms with E-state index in [-0.39, 0.29) is 5.91 Å². The van der Waals surface area contributed by atoms with Crippen molar-refractivity contribution in [3.8, 4) is 5.75 Å². The van der Waals surface area contributed by atoms with E-state index in [1.807, 2.05) is 24.3 Å². The summed E-state index contributed by atoms with van der Waals surface area (Å²) in [4.78, 5) is 16.5. The first-order valence-corrected chi connectivity index (χ1v) is 8.80.